The van der Waals surface area contributed by atoms with Crippen molar-refractivity contribution in [1.82, 2.24) is 10.2 Å². The number of rotatable bonds is 10. The second-order valence-electron chi connectivity index (χ2n) is 6.35. The van der Waals surface area contributed by atoms with Gasteiger partial charge in [0.15, 0.2) is 0 Å². The molecule has 0 aliphatic carbocycles. The highest BCUT2D eigenvalue weighted by Crippen LogP contribution is 2.17. The molecule has 5 nitrogen and oxygen atoms in total. The molecule has 1 rings (SSSR count). The quantitative estimate of drug-likeness (QED) is 0.596. The third kappa shape index (κ3) is 9.82. The summed E-state index contributed by atoms with van der Waals surface area (Å²) in [6, 6.07) is 0. The molecule has 2 amide bonds. The highest BCUT2D eigenvalue weighted by molar-refractivity contribution is 5.85. The summed E-state index contributed by atoms with van der Waals surface area (Å²) < 4.78 is 0. The topological polar surface area (TPSA) is 75.4 Å². The first-order chi connectivity index (χ1) is 10.7. The Kier molecular flexibility index (Phi) is 13.1. The SMILES string of the molecule is CCCC(=O)NCC1CCCN(C(=O)CCCCCCN)C1.Cl. The summed E-state index contributed by atoms with van der Waals surface area (Å²) in [5.74, 6) is 0.818. The molecule has 0 spiro atoms. The Bertz CT molecular complexity index is 340. The van der Waals surface area contributed by atoms with Crippen LogP contribution in [0.3, 0.4) is 0 Å². The molecule has 0 aromatic carbocycles. The third-order valence-corrected chi connectivity index (χ3v) is 4.28. The Morgan fingerprint density at radius 2 is 1.91 bits per heavy atom. The molecular weight excluding hydrogens is 314 g/mol. The molecular formula is C17H34ClN3O2. The summed E-state index contributed by atoms with van der Waals surface area (Å²) in [7, 11) is 0. The van der Waals surface area contributed by atoms with E-state index >= 15 is 0 Å². The minimum atomic E-state index is 0. The molecule has 0 radical (unpaired) electrons. The van der Waals surface area contributed by atoms with Gasteiger partial charge >= 0.3 is 0 Å². The number of nitrogens with zero attached hydrogens (tertiary/aromatic N) is 1. The van der Waals surface area contributed by atoms with Gasteiger partial charge in [-0.2, -0.15) is 0 Å². The molecule has 0 bridgehead atoms. The van der Waals surface area contributed by atoms with Gasteiger partial charge in [0, 0.05) is 32.5 Å². The first kappa shape index (κ1) is 22.2. The molecule has 0 aromatic rings. The molecule has 0 saturated carbocycles. The maximum absolute atomic E-state index is 12.2. The third-order valence-electron chi connectivity index (χ3n) is 4.28. The normalized spacial score (nSPS) is 17.5. The van der Waals surface area contributed by atoms with E-state index in [0.717, 1.165) is 64.6 Å². The number of piperidine rings is 1. The summed E-state index contributed by atoms with van der Waals surface area (Å²) >= 11 is 0. The molecule has 6 heteroatoms. The number of nitrogens with two attached hydrogens (primary N) is 1. The molecule has 1 unspecified atom stereocenters. The highest BCUT2D eigenvalue weighted by Gasteiger charge is 2.23. The van der Waals surface area contributed by atoms with Gasteiger partial charge in [0.05, 0.1) is 0 Å². The molecule has 1 saturated heterocycles. The van der Waals surface area contributed by atoms with Crippen LogP contribution in [0.1, 0.15) is 64.7 Å². The molecule has 0 aromatic heterocycles. The van der Waals surface area contributed by atoms with Gasteiger partial charge in [-0.3, -0.25) is 9.59 Å². The zero-order chi connectivity index (χ0) is 16.2. The zero-order valence-electron chi connectivity index (χ0n) is 14.5. The van der Waals surface area contributed by atoms with Gasteiger partial charge in [-0.25, -0.2) is 0 Å². The molecule has 1 aliphatic heterocycles. The standard InChI is InChI=1S/C17H33N3O2.ClH/c1-2-8-16(21)19-13-15-9-7-12-20(14-15)17(22)10-5-3-4-6-11-18;/h15H,2-14,18H2,1H3,(H,19,21);1H. The lowest BCUT2D eigenvalue weighted by molar-refractivity contribution is -0.133. The van der Waals surface area contributed by atoms with Gasteiger partial charge in [-0.15, -0.1) is 12.4 Å². The number of carbonyl (C=O) groups is 2. The smallest absolute Gasteiger partial charge is 0.222 e. The van der Waals surface area contributed by atoms with Crippen molar-refractivity contribution >= 4 is 24.2 Å². The fourth-order valence-corrected chi connectivity index (χ4v) is 2.96. The predicted octanol–water partition coefficient (Wildman–Crippen LogP) is 2.47. The van der Waals surface area contributed by atoms with Crippen molar-refractivity contribution in [3.63, 3.8) is 0 Å². The fraction of sp³-hybridized carbons (Fsp3) is 0.882. The minimum absolute atomic E-state index is 0. The predicted molar refractivity (Wildman–Crippen MR) is 96.6 cm³/mol. The number of unbranched alkanes of at least 4 members (excludes halogenated alkanes) is 3. The van der Waals surface area contributed by atoms with Crippen LogP contribution in [0.15, 0.2) is 0 Å². The first-order valence-corrected chi connectivity index (χ1v) is 8.92. The Morgan fingerprint density at radius 1 is 1.17 bits per heavy atom. The summed E-state index contributed by atoms with van der Waals surface area (Å²) in [6.07, 6.45) is 8.51. The molecule has 136 valence electrons. The first-order valence-electron chi connectivity index (χ1n) is 8.92. The van der Waals surface area contributed by atoms with Crippen molar-refractivity contribution in [1.29, 1.82) is 0 Å². The maximum atomic E-state index is 12.2. The van der Waals surface area contributed by atoms with Gasteiger partial charge < -0.3 is 16.0 Å². The average molecular weight is 348 g/mol. The lowest BCUT2D eigenvalue weighted by Gasteiger charge is -2.33. The number of carbonyl (C=O) groups excluding carboxylic acids is 2. The van der Waals surface area contributed by atoms with Gasteiger partial charge in [0.25, 0.3) is 0 Å². The van der Waals surface area contributed by atoms with Crippen LogP contribution in [0.4, 0.5) is 0 Å². The van der Waals surface area contributed by atoms with Crippen molar-refractivity contribution in [3.05, 3.63) is 0 Å². The number of likely N-dealkylation sites (tertiary alicyclic amines) is 1. The number of nitrogens with one attached hydrogen (secondary N) is 1. The Balaban J connectivity index is 0.00000484. The second-order valence-corrected chi connectivity index (χ2v) is 6.35. The molecule has 3 N–H and O–H groups in total. The van der Waals surface area contributed by atoms with Crippen molar-refractivity contribution in [3.8, 4) is 0 Å². The minimum Gasteiger partial charge on any atom is -0.356 e. The molecule has 1 fully saturated rings. The molecule has 1 heterocycles. The Labute approximate surface area is 147 Å². The van der Waals surface area contributed by atoms with Crippen molar-refractivity contribution in [2.45, 2.75) is 64.7 Å². The van der Waals surface area contributed by atoms with Crippen LogP contribution in [-0.4, -0.2) is 42.9 Å². The van der Waals surface area contributed by atoms with E-state index in [1.165, 1.54) is 0 Å². The van der Waals surface area contributed by atoms with E-state index in [0.29, 0.717) is 25.3 Å². The number of hydrogen-bond acceptors (Lipinski definition) is 3. The summed E-state index contributed by atoms with van der Waals surface area (Å²) in [5, 5.41) is 2.99. The average Bonchev–Trinajstić information content (AvgIpc) is 2.53. The number of amides is 2. The van der Waals surface area contributed by atoms with Gasteiger partial charge in [-0.05, 0) is 44.6 Å². The molecule has 23 heavy (non-hydrogen) atoms. The second kappa shape index (κ2) is 13.6. The van der Waals surface area contributed by atoms with E-state index in [-0.39, 0.29) is 24.2 Å². The van der Waals surface area contributed by atoms with E-state index in [4.69, 9.17) is 5.73 Å². The largest absolute Gasteiger partial charge is 0.356 e. The van der Waals surface area contributed by atoms with E-state index in [1.54, 1.807) is 0 Å². The van der Waals surface area contributed by atoms with Crippen molar-refractivity contribution < 1.29 is 9.59 Å². The highest BCUT2D eigenvalue weighted by atomic mass is 35.5. The van der Waals surface area contributed by atoms with Crippen LogP contribution in [-0.2, 0) is 9.59 Å². The van der Waals surface area contributed by atoms with Crippen molar-refractivity contribution in [2.24, 2.45) is 11.7 Å². The maximum Gasteiger partial charge on any atom is 0.222 e. The van der Waals surface area contributed by atoms with Crippen LogP contribution in [0.5, 0.6) is 0 Å². The number of hydrogen-bond donors (Lipinski definition) is 2. The van der Waals surface area contributed by atoms with Crippen LogP contribution >= 0.6 is 12.4 Å². The van der Waals surface area contributed by atoms with Gasteiger partial charge in [0.2, 0.25) is 11.8 Å². The summed E-state index contributed by atoms with van der Waals surface area (Å²) in [5.41, 5.74) is 5.47. The monoisotopic (exact) mass is 347 g/mol. The van der Waals surface area contributed by atoms with Crippen molar-refractivity contribution in [2.75, 3.05) is 26.2 Å². The van der Waals surface area contributed by atoms with E-state index < -0.39 is 0 Å². The van der Waals surface area contributed by atoms with Gasteiger partial charge in [0.1, 0.15) is 0 Å². The van der Waals surface area contributed by atoms with Gasteiger partial charge in [-0.1, -0.05) is 19.8 Å². The summed E-state index contributed by atoms with van der Waals surface area (Å²) in [6.45, 7) is 5.13. The van der Waals surface area contributed by atoms with Crippen LogP contribution < -0.4 is 11.1 Å². The molecule has 1 aliphatic rings. The summed E-state index contributed by atoms with van der Waals surface area (Å²) in [4.78, 5) is 25.7. The lowest BCUT2D eigenvalue weighted by atomic mass is 9.97. The van der Waals surface area contributed by atoms with E-state index in [1.807, 2.05) is 11.8 Å². The van der Waals surface area contributed by atoms with Crippen LogP contribution in [0.25, 0.3) is 0 Å². The Hall–Kier alpha value is -0.810. The fourth-order valence-electron chi connectivity index (χ4n) is 2.96. The van der Waals surface area contributed by atoms with E-state index in [2.05, 4.69) is 5.32 Å². The van der Waals surface area contributed by atoms with E-state index in [9.17, 15) is 9.59 Å². The zero-order valence-corrected chi connectivity index (χ0v) is 15.3. The molecule has 1 atom stereocenters. The Morgan fingerprint density at radius 3 is 2.61 bits per heavy atom. The van der Waals surface area contributed by atoms with Crippen LogP contribution in [0.2, 0.25) is 0 Å². The number of halogens is 1. The lowest BCUT2D eigenvalue weighted by Crippen LogP contribution is -2.43. The van der Waals surface area contributed by atoms with Crippen LogP contribution in [0, 0.1) is 5.92 Å².